The summed E-state index contributed by atoms with van der Waals surface area (Å²) >= 11 is 0. The van der Waals surface area contributed by atoms with Crippen molar-refractivity contribution in [3.63, 3.8) is 0 Å². The van der Waals surface area contributed by atoms with E-state index in [1.165, 1.54) is 31.5 Å². The monoisotopic (exact) mass is 220 g/mol. The molecule has 1 saturated heterocycles. The lowest BCUT2D eigenvalue weighted by Gasteiger charge is -2.19. The zero-order valence-electron chi connectivity index (χ0n) is 9.89. The Kier molecular flexibility index (Phi) is 2.67. The molecule has 0 aromatic carbocycles. The molecule has 3 rings (SSSR count). The number of hydrogen-bond acceptors (Lipinski definition) is 3. The van der Waals surface area contributed by atoms with Crippen molar-refractivity contribution in [1.82, 2.24) is 20.1 Å². The van der Waals surface area contributed by atoms with Gasteiger partial charge in [0.2, 0.25) is 0 Å². The second kappa shape index (κ2) is 4.17. The fourth-order valence-corrected chi connectivity index (χ4v) is 3.14. The third-order valence-corrected chi connectivity index (χ3v) is 4.17. The number of hydrogen-bond donors (Lipinski definition) is 1. The summed E-state index contributed by atoms with van der Waals surface area (Å²) < 4.78 is 2.35. The highest BCUT2D eigenvalue weighted by atomic mass is 15.3. The van der Waals surface area contributed by atoms with Gasteiger partial charge in [-0.05, 0) is 25.3 Å². The second-order valence-electron chi connectivity index (χ2n) is 5.28. The number of nitrogens with zero attached hydrogens (tertiary/aromatic N) is 3. The lowest BCUT2D eigenvalue weighted by Crippen LogP contribution is -2.17. The van der Waals surface area contributed by atoms with E-state index in [0.717, 1.165) is 13.1 Å². The first-order valence-corrected chi connectivity index (χ1v) is 6.46. The van der Waals surface area contributed by atoms with Crippen LogP contribution in [-0.4, -0.2) is 27.9 Å². The molecule has 2 fully saturated rings. The highest BCUT2D eigenvalue weighted by Crippen LogP contribution is 2.34. The third kappa shape index (κ3) is 1.65. The lowest BCUT2D eigenvalue weighted by molar-refractivity contribution is 0.452. The molecule has 1 aromatic heterocycles. The Hall–Kier alpha value is -0.900. The van der Waals surface area contributed by atoms with Crippen molar-refractivity contribution in [2.75, 3.05) is 13.1 Å². The summed E-state index contributed by atoms with van der Waals surface area (Å²) in [6.07, 6.45) is 7.27. The molecule has 88 valence electrons. The van der Waals surface area contributed by atoms with Crippen molar-refractivity contribution >= 4 is 0 Å². The molecule has 0 bridgehead atoms. The maximum Gasteiger partial charge on any atom is 0.137 e. The molecule has 0 radical (unpaired) electrons. The Morgan fingerprint density at radius 1 is 1.31 bits per heavy atom. The second-order valence-corrected chi connectivity index (χ2v) is 5.28. The van der Waals surface area contributed by atoms with Gasteiger partial charge in [0.15, 0.2) is 0 Å². The molecule has 2 aliphatic rings. The normalized spacial score (nSPS) is 31.3. The third-order valence-electron chi connectivity index (χ3n) is 4.17. The van der Waals surface area contributed by atoms with Gasteiger partial charge in [0, 0.05) is 18.5 Å². The fraction of sp³-hybridized carbons (Fsp3) is 0.833. The lowest BCUT2D eigenvalue weighted by atomic mass is 9.97. The Bertz CT molecular complexity index is 354. The van der Waals surface area contributed by atoms with Gasteiger partial charge in [-0.2, -0.15) is 0 Å². The first-order valence-electron chi connectivity index (χ1n) is 6.46. The van der Waals surface area contributed by atoms with Crippen LogP contribution in [0.25, 0.3) is 0 Å². The maximum atomic E-state index is 4.37. The van der Waals surface area contributed by atoms with Crippen molar-refractivity contribution < 1.29 is 0 Å². The highest BCUT2D eigenvalue weighted by molar-refractivity contribution is 5.05. The van der Waals surface area contributed by atoms with Crippen LogP contribution in [0.1, 0.15) is 50.4 Å². The summed E-state index contributed by atoms with van der Waals surface area (Å²) in [7, 11) is 0. The summed E-state index contributed by atoms with van der Waals surface area (Å²) in [5, 5.41) is 11.9. The smallest absolute Gasteiger partial charge is 0.137 e. The summed E-state index contributed by atoms with van der Waals surface area (Å²) in [6, 6.07) is 0.665. The standard InChI is InChI=1S/C12H20N4/c1-9-6-13-7-11(9)12-15-14-8-16(12)10-4-2-3-5-10/h8-11,13H,2-7H2,1H3. The van der Waals surface area contributed by atoms with Crippen LogP contribution >= 0.6 is 0 Å². The zero-order valence-corrected chi connectivity index (χ0v) is 9.89. The van der Waals surface area contributed by atoms with Gasteiger partial charge in [0.1, 0.15) is 12.2 Å². The van der Waals surface area contributed by atoms with Crippen molar-refractivity contribution in [3.8, 4) is 0 Å². The van der Waals surface area contributed by atoms with Crippen molar-refractivity contribution in [2.45, 2.75) is 44.6 Å². The average Bonchev–Trinajstić information content (AvgIpc) is 2.95. The molecule has 2 unspecified atom stereocenters. The fourth-order valence-electron chi connectivity index (χ4n) is 3.14. The van der Waals surface area contributed by atoms with Crippen molar-refractivity contribution in [1.29, 1.82) is 0 Å². The molecule has 1 aliphatic heterocycles. The number of aromatic nitrogens is 3. The molecule has 0 amide bonds. The molecular weight excluding hydrogens is 200 g/mol. The summed E-state index contributed by atoms with van der Waals surface area (Å²) in [5.74, 6) is 2.46. The zero-order chi connectivity index (χ0) is 11.0. The van der Waals surface area contributed by atoms with Gasteiger partial charge in [-0.1, -0.05) is 19.8 Å². The van der Waals surface area contributed by atoms with E-state index in [2.05, 4.69) is 27.0 Å². The Labute approximate surface area is 96.4 Å². The van der Waals surface area contributed by atoms with Crippen molar-refractivity contribution in [3.05, 3.63) is 12.2 Å². The molecule has 2 heterocycles. The van der Waals surface area contributed by atoms with E-state index < -0.39 is 0 Å². The molecule has 4 nitrogen and oxygen atoms in total. The molecule has 1 aliphatic carbocycles. The Morgan fingerprint density at radius 2 is 2.12 bits per heavy atom. The topological polar surface area (TPSA) is 42.7 Å². The minimum atomic E-state index is 0.558. The SMILES string of the molecule is CC1CNCC1c1nncn1C1CCCC1. The van der Waals surface area contributed by atoms with E-state index >= 15 is 0 Å². The van der Waals surface area contributed by atoms with Gasteiger partial charge in [0.05, 0.1) is 0 Å². The minimum absolute atomic E-state index is 0.558. The largest absolute Gasteiger partial charge is 0.316 e. The first-order chi connectivity index (χ1) is 7.86. The van der Waals surface area contributed by atoms with E-state index in [-0.39, 0.29) is 0 Å². The highest BCUT2D eigenvalue weighted by Gasteiger charge is 2.31. The van der Waals surface area contributed by atoms with Gasteiger partial charge < -0.3 is 9.88 Å². The molecule has 1 saturated carbocycles. The molecule has 1 aromatic rings. The van der Waals surface area contributed by atoms with Crippen LogP contribution in [0.2, 0.25) is 0 Å². The Balaban J connectivity index is 1.86. The summed E-state index contributed by atoms with van der Waals surface area (Å²) in [6.45, 7) is 4.48. The van der Waals surface area contributed by atoms with E-state index in [0.29, 0.717) is 17.9 Å². The van der Waals surface area contributed by atoms with Crippen molar-refractivity contribution in [2.24, 2.45) is 5.92 Å². The van der Waals surface area contributed by atoms with E-state index in [4.69, 9.17) is 0 Å². The van der Waals surface area contributed by atoms with Gasteiger partial charge in [-0.25, -0.2) is 0 Å². The van der Waals surface area contributed by atoms with E-state index in [1.807, 2.05) is 6.33 Å². The molecule has 0 spiro atoms. The predicted octanol–water partition coefficient (Wildman–Crippen LogP) is 1.72. The van der Waals surface area contributed by atoms with Gasteiger partial charge >= 0.3 is 0 Å². The summed E-state index contributed by atoms with van der Waals surface area (Å²) in [5.41, 5.74) is 0. The van der Waals surface area contributed by atoms with Crippen LogP contribution in [0.3, 0.4) is 0 Å². The molecule has 4 heteroatoms. The van der Waals surface area contributed by atoms with Crippen LogP contribution in [0.4, 0.5) is 0 Å². The van der Waals surface area contributed by atoms with E-state index in [9.17, 15) is 0 Å². The molecule has 2 atom stereocenters. The van der Waals surface area contributed by atoms with E-state index in [1.54, 1.807) is 0 Å². The van der Waals surface area contributed by atoms with Crippen LogP contribution in [-0.2, 0) is 0 Å². The van der Waals surface area contributed by atoms with Gasteiger partial charge in [-0.15, -0.1) is 10.2 Å². The molecular formula is C12H20N4. The van der Waals surface area contributed by atoms with Gasteiger partial charge in [-0.3, -0.25) is 0 Å². The quantitative estimate of drug-likeness (QED) is 0.825. The van der Waals surface area contributed by atoms with Crippen LogP contribution in [0, 0.1) is 5.92 Å². The average molecular weight is 220 g/mol. The number of nitrogens with one attached hydrogen (secondary N) is 1. The number of rotatable bonds is 2. The molecule has 16 heavy (non-hydrogen) atoms. The van der Waals surface area contributed by atoms with Crippen LogP contribution < -0.4 is 5.32 Å². The summed E-state index contributed by atoms with van der Waals surface area (Å²) in [4.78, 5) is 0. The predicted molar refractivity (Wildman–Crippen MR) is 62.3 cm³/mol. The van der Waals surface area contributed by atoms with Gasteiger partial charge in [0.25, 0.3) is 0 Å². The first kappa shape index (κ1) is 10.3. The van der Waals surface area contributed by atoms with Crippen LogP contribution in [0.15, 0.2) is 6.33 Å². The minimum Gasteiger partial charge on any atom is -0.316 e. The maximum absolute atomic E-state index is 4.37. The Morgan fingerprint density at radius 3 is 2.81 bits per heavy atom. The molecule has 1 N–H and O–H groups in total. The van der Waals surface area contributed by atoms with Crippen LogP contribution in [0.5, 0.6) is 0 Å².